The predicted molar refractivity (Wildman–Crippen MR) is 107 cm³/mol. The van der Waals surface area contributed by atoms with Crippen molar-refractivity contribution in [1.29, 1.82) is 0 Å². The van der Waals surface area contributed by atoms with Crippen molar-refractivity contribution >= 4 is 23.0 Å². The van der Waals surface area contributed by atoms with Gasteiger partial charge in [0.05, 0.1) is 7.11 Å². The third-order valence-electron chi connectivity index (χ3n) is 4.53. The fourth-order valence-electron chi connectivity index (χ4n) is 2.94. The summed E-state index contributed by atoms with van der Waals surface area (Å²) in [5.41, 5.74) is 3.62. The second kappa shape index (κ2) is 8.32. The van der Waals surface area contributed by atoms with Crippen LogP contribution in [0, 0.1) is 6.92 Å². The van der Waals surface area contributed by atoms with Gasteiger partial charge in [-0.2, -0.15) is 0 Å². The van der Waals surface area contributed by atoms with Crippen LogP contribution in [0.25, 0.3) is 0 Å². The molecule has 3 rings (SSSR count). The number of benzene rings is 2. The van der Waals surface area contributed by atoms with Gasteiger partial charge in [0, 0.05) is 38.4 Å². The maximum Gasteiger partial charge on any atom is 0.173 e. The molecule has 25 heavy (non-hydrogen) atoms. The third kappa shape index (κ3) is 4.94. The van der Waals surface area contributed by atoms with Crippen LogP contribution in [0.4, 0.5) is 5.69 Å². The lowest BCUT2D eigenvalue weighted by molar-refractivity contribution is 0.177. The molecule has 1 aliphatic rings. The summed E-state index contributed by atoms with van der Waals surface area (Å²) in [6, 6.07) is 16.6. The molecule has 1 heterocycles. The van der Waals surface area contributed by atoms with Crippen molar-refractivity contribution in [3.05, 3.63) is 59.7 Å². The smallest absolute Gasteiger partial charge is 0.173 e. The summed E-state index contributed by atoms with van der Waals surface area (Å²) < 4.78 is 5.21. The minimum atomic E-state index is 0.813. The van der Waals surface area contributed by atoms with E-state index in [-0.39, 0.29) is 0 Å². The quantitative estimate of drug-likeness (QED) is 0.847. The minimum absolute atomic E-state index is 0.813. The van der Waals surface area contributed by atoms with Crippen LogP contribution in [-0.2, 0) is 6.54 Å². The van der Waals surface area contributed by atoms with Gasteiger partial charge in [0.15, 0.2) is 5.11 Å². The molecule has 0 saturated carbocycles. The van der Waals surface area contributed by atoms with Crippen LogP contribution in [0.3, 0.4) is 0 Å². The molecule has 4 nitrogen and oxygen atoms in total. The molecule has 2 aromatic carbocycles. The Bertz CT molecular complexity index is 692. The molecule has 2 aromatic rings. The average Bonchev–Trinajstić information content (AvgIpc) is 2.65. The fraction of sp³-hybridized carbons (Fsp3) is 0.350. The number of nitrogens with zero attached hydrogens (tertiary/aromatic N) is 2. The zero-order valence-corrected chi connectivity index (χ0v) is 15.7. The van der Waals surface area contributed by atoms with Gasteiger partial charge in [0.1, 0.15) is 5.75 Å². The van der Waals surface area contributed by atoms with Crippen molar-refractivity contribution in [2.24, 2.45) is 0 Å². The van der Waals surface area contributed by atoms with Gasteiger partial charge in [0.25, 0.3) is 0 Å². The molecular formula is C20H25N3OS. The molecule has 0 aliphatic carbocycles. The van der Waals surface area contributed by atoms with Crippen molar-refractivity contribution in [1.82, 2.24) is 9.80 Å². The van der Waals surface area contributed by atoms with E-state index in [1.54, 1.807) is 7.11 Å². The van der Waals surface area contributed by atoms with E-state index in [2.05, 4.69) is 58.4 Å². The van der Waals surface area contributed by atoms with E-state index in [0.717, 1.165) is 49.3 Å². The number of ether oxygens (including phenoxy) is 1. The highest BCUT2D eigenvalue weighted by atomic mass is 32.1. The van der Waals surface area contributed by atoms with Gasteiger partial charge in [-0.05, 0) is 49.0 Å². The molecule has 1 aliphatic heterocycles. The van der Waals surface area contributed by atoms with E-state index in [0.29, 0.717) is 0 Å². The Morgan fingerprint density at radius 3 is 2.24 bits per heavy atom. The summed E-state index contributed by atoms with van der Waals surface area (Å²) in [6.07, 6.45) is 0. The number of piperazine rings is 1. The number of nitrogens with one attached hydrogen (secondary N) is 1. The molecular weight excluding hydrogens is 330 g/mol. The number of anilines is 1. The molecule has 0 aromatic heterocycles. The second-order valence-electron chi connectivity index (χ2n) is 6.41. The Labute approximate surface area is 155 Å². The number of rotatable bonds is 4. The molecule has 1 N–H and O–H groups in total. The van der Waals surface area contributed by atoms with Gasteiger partial charge in [-0.25, -0.2) is 0 Å². The zero-order chi connectivity index (χ0) is 17.6. The summed E-state index contributed by atoms with van der Waals surface area (Å²) in [4.78, 5) is 4.71. The van der Waals surface area contributed by atoms with E-state index in [1.807, 2.05) is 12.1 Å². The van der Waals surface area contributed by atoms with Crippen LogP contribution in [0.2, 0.25) is 0 Å². The van der Waals surface area contributed by atoms with E-state index < -0.39 is 0 Å². The van der Waals surface area contributed by atoms with E-state index in [4.69, 9.17) is 17.0 Å². The maximum absolute atomic E-state index is 5.57. The Morgan fingerprint density at radius 2 is 1.64 bits per heavy atom. The van der Waals surface area contributed by atoms with Crippen molar-refractivity contribution in [2.75, 3.05) is 38.6 Å². The van der Waals surface area contributed by atoms with Crippen LogP contribution >= 0.6 is 12.2 Å². The first-order chi connectivity index (χ1) is 12.1. The molecule has 1 saturated heterocycles. The first-order valence-electron chi connectivity index (χ1n) is 8.62. The first kappa shape index (κ1) is 17.7. The third-order valence-corrected chi connectivity index (χ3v) is 4.89. The molecule has 0 unspecified atom stereocenters. The second-order valence-corrected chi connectivity index (χ2v) is 6.79. The van der Waals surface area contributed by atoms with Gasteiger partial charge in [-0.1, -0.05) is 29.8 Å². The van der Waals surface area contributed by atoms with Crippen molar-refractivity contribution < 1.29 is 4.74 Å². The highest BCUT2D eigenvalue weighted by Crippen LogP contribution is 2.15. The van der Waals surface area contributed by atoms with E-state index in [1.165, 1.54) is 11.1 Å². The lowest BCUT2D eigenvalue weighted by atomic mass is 10.2. The SMILES string of the molecule is COc1ccc(CN2CCN(C(=S)Nc3ccc(C)cc3)CC2)cc1. The summed E-state index contributed by atoms with van der Waals surface area (Å²) in [5.74, 6) is 0.904. The molecule has 1 fully saturated rings. The first-order valence-corrected chi connectivity index (χ1v) is 9.03. The Morgan fingerprint density at radius 1 is 1.00 bits per heavy atom. The van der Waals surface area contributed by atoms with Crippen molar-refractivity contribution in [3.8, 4) is 5.75 Å². The van der Waals surface area contributed by atoms with Gasteiger partial charge < -0.3 is 15.0 Å². The zero-order valence-electron chi connectivity index (χ0n) is 14.9. The van der Waals surface area contributed by atoms with Gasteiger partial charge in [-0.3, -0.25) is 4.90 Å². The van der Waals surface area contributed by atoms with Gasteiger partial charge >= 0.3 is 0 Å². The number of hydrogen-bond acceptors (Lipinski definition) is 3. The average molecular weight is 356 g/mol. The molecule has 0 radical (unpaired) electrons. The fourth-order valence-corrected chi connectivity index (χ4v) is 3.24. The number of methoxy groups -OCH3 is 1. The van der Waals surface area contributed by atoms with E-state index >= 15 is 0 Å². The van der Waals surface area contributed by atoms with Gasteiger partial charge in [0.2, 0.25) is 0 Å². The van der Waals surface area contributed by atoms with Crippen LogP contribution in [0.1, 0.15) is 11.1 Å². The highest BCUT2D eigenvalue weighted by molar-refractivity contribution is 7.80. The Hall–Kier alpha value is -2.11. The summed E-state index contributed by atoms with van der Waals surface area (Å²) >= 11 is 5.57. The summed E-state index contributed by atoms with van der Waals surface area (Å²) in [5, 5.41) is 4.15. The molecule has 0 atom stereocenters. The Balaban J connectivity index is 1.47. The maximum atomic E-state index is 5.57. The Kier molecular flexibility index (Phi) is 5.89. The monoisotopic (exact) mass is 355 g/mol. The normalized spacial score (nSPS) is 15.0. The van der Waals surface area contributed by atoms with Crippen LogP contribution in [-0.4, -0.2) is 48.2 Å². The standard InChI is InChI=1S/C20H25N3OS/c1-16-3-7-18(8-4-16)21-20(25)23-13-11-22(12-14-23)15-17-5-9-19(24-2)10-6-17/h3-10H,11-15H2,1-2H3,(H,21,25). The molecule has 0 spiro atoms. The van der Waals surface area contributed by atoms with Crippen LogP contribution in [0.15, 0.2) is 48.5 Å². The number of thiocarbonyl (C=S) groups is 1. The number of aryl methyl sites for hydroxylation is 1. The van der Waals surface area contributed by atoms with E-state index in [9.17, 15) is 0 Å². The van der Waals surface area contributed by atoms with Crippen molar-refractivity contribution in [2.45, 2.75) is 13.5 Å². The molecule has 0 bridgehead atoms. The molecule has 5 heteroatoms. The highest BCUT2D eigenvalue weighted by Gasteiger charge is 2.19. The molecule has 0 amide bonds. The lowest BCUT2D eigenvalue weighted by Gasteiger charge is -2.36. The molecule has 132 valence electrons. The van der Waals surface area contributed by atoms with Crippen molar-refractivity contribution in [3.63, 3.8) is 0 Å². The van der Waals surface area contributed by atoms with Crippen LogP contribution < -0.4 is 10.1 Å². The van der Waals surface area contributed by atoms with Crippen LogP contribution in [0.5, 0.6) is 5.75 Å². The topological polar surface area (TPSA) is 27.7 Å². The lowest BCUT2D eigenvalue weighted by Crippen LogP contribution is -2.49. The van der Waals surface area contributed by atoms with Gasteiger partial charge in [-0.15, -0.1) is 0 Å². The minimum Gasteiger partial charge on any atom is -0.497 e. The summed E-state index contributed by atoms with van der Waals surface area (Å²) in [7, 11) is 1.70. The predicted octanol–water partition coefficient (Wildman–Crippen LogP) is 3.52. The largest absolute Gasteiger partial charge is 0.497 e. The summed E-state index contributed by atoms with van der Waals surface area (Å²) in [6.45, 7) is 6.99. The number of hydrogen-bond donors (Lipinski definition) is 1.